The number of aryl methyl sites for hydroxylation is 1. The molecule has 0 aliphatic carbocycles. The number of hydrogen-bond acceptors (Lipinski definition) is 1. The Morgan fingerprint density at radius 3 is 1.93 bits per heavy atom. The van der Waals surface area contributed by atoms with Crippen LogP contribution in [-0.2, 0) is 19.3 Å². The van der Waals surface area contributed by atoms with Crippen LogP contribution in [0.2, 0.25) is 0 Å². The van der Waals surface area contributed by atoms with Crippen molar-refractivity contribution in [2.24, 2.45) is 0 Å². The number of anilines is 1. The van der Waals surface area contributed by atoms with Crippen LogP contribution in [0.5, 0.6) is 0 Å². The molecular weight excluding hydrogens is 194 g/mol. The monoisotopic (exact) mass is 213 g/mol. The van der Waals surface area contributed by atoms with Crippen LogP contribution in [0.3, 0.4) is 0 Å². The lowest BCUT2D eigenvalue weighted by molar-refractivity contribution is 0.984. The Hall–Kier alpha value is -0.690. The average molecular weight is 214 g/mol. The summed E-state index contributed by atoms with van der Waals surface area (Å²) in [5.41, 5.74) is 11.2. The third-order valence-corrected chi connectivity index (χ3v) is 2.65. The molecule has 0 spiro atoms. The number of benzene rings is 1. The predicted octanol–water partition coefficient (Wildman–Crippen LogP) is 3.38. The molecule has 0 amide bonds. The summed E-state index contributed by atoms with van der Waals surface area (Å²) in [6.45, 7) is 6.57. The van der Waals surface area contributed by atoms with Gasteiger partial charge in [0.1, 0.15) is 0 Å². The summed E-state index contributed by atoms with van der Waals surface area (Å²) >= 11 is 0. The fourth-order valence-corrected chi connectivity index (χ4v) is 1.95. The van der Waals surface area contributed by atoms with Gasteiger partial charge in [-0.2, -0.15) is 0 Å². The summed E-state index contributed by atoms with van der Waals surface area (Å²) in [6, 6.07) is 4.20. The number of hydrogen-bond donors (Lipinski definition) is 1. The van der Waals surface area contributed by atoms with Gasteiger partial charge in [-0.05, 0) is 42.0 Å². The van der Waals surface area contributed by atoms with E-state index in [0.29, 0.717) is 0 Å². The fourth-order valence-electron chi connectivity index (χ4n) is 1.95. The van der Waals surface area contributed by atoms with Gasteiger partial charge in [0.2, 0.25) is 0 Å². The van der Waals surface area contributed by atoms with Gasteiger partial charge in [0.05, 0.1) is 0 Å². The molecule has 2 heteroatoms. The first-order valence-corrected chi connectivity index (χ1v) is 5.13. The van der Waals surface area contributed by atoms with Gasteiger partial charge >= 0.3 is 0 Å². The third-order valence-electron chi connectivity index (χ3n) is 2.65. The summed E-state index contributed by atoms with van der Waals surface area (Å²) in [6.07, 6.45) is 3.25. The largest absolute Gasteiger partial charge is 0.398 e. The van der Waals surface area contributed by atoms with Crippen LogP contribution in [0.15, 0.2) is 12.1 Å². The van der Waals surface area contributed by atoms with Crippen molar-refractivity contribution in [2.45, 2.75) is 40.0 Å². The molecule has 0 aliphatic rings. The molecule has 0 unspecified atom stereocenters. The lowest BCUT2D eigenvalue weighted by Gasteiger charge is -2.13. The highest BCUT2D eigenvalue weighted by Gasteiger charge is 2.06. The van der Waals surface area contributed by atoms with E-state index in [-0.39, 0.29) is 12.4 Å². The lowest BCUT2D eigenvalue weighted by atomic mass is 9.94. The minimum atomic E-state index is 0. The van der Waals surface area contributed by atoms with Crippen molar-refractivity contribution >= 4 is 18.1 Å². The Kier molecular flexibility index (Phi) is 5.63. The molecule has 0 heterocycles. The summed E-state index contributed by atoms with van der Waals surface area (Å²) in [7, 11) is 0. The Balaban J connectivity index is 0.00000169. The zero-order valence-electron chi connectivity index (χ0n) is 9.26. The van der Waals surface area contributed by atoms with Crippen LogP contribution in [0.1, 0.15) is 37.5 Å². The van der Waals surface area contributed by atoms with Crippen molar-refractivity contribution in [1.29, 1.82) is 0 Å². The highest BCUT2D eigenvalue weighted by Crippen LogP contribution is 2.22. The Bertz CT molecular complexity index is 295. The van der Waals surface area contributed by atoms with Crippen molar-refractivity contribution in [3.05, 3.63) is 28.8 Å². The van der Waals surface area contributed by atoms with Gasteiger partial charge in [0.25, 0.3) is 0 Å². The Labute approximate surface area is 93.1 Å². The van der Waals surface area contributed by atoms with Crippen molar-refractivity contribution in [3.8, 4) is 0 Å². The molecule has 14 heavy (non-hydrogen) atoms. The molecule has 0 bridgehead atoms. The van der Waals surface area contributed by atoms with Crippen molar-refractivity contribution in [1.82, 2.24) is 0 Å². The van der Waals surface area contributed by atoms with Gasteiger partial charge in [-0.15, -0.1) is 12.4 Å². The normalized spacial score (nSPS) is 9.64. The van der Waals surface area contributed by atoms with Crippen LogP contribution in [0.4, 0.5) is 5.69 Å². The van der Waals surface area contributed by atoms with E-state index in [1.54, 1.807) is 0 Å². The van der Waals surface area contributed by atoms with Crippen molar-refractivity contribution in [3.63, 3.8) is 0 Å². The summed E-state index contributed by atoms with van der Waals surface area (Å²) in [5.74, 6) is 0. The zero-order valence-corrected chi connectivity index (χ0v) is 10.1. The van der Waals surface area contributed by atoms with E-state index in [0.717, 1.165) is 24.9 Å². The van der Waals surface area contributed by atoms with Crippen LogP contribution in [0, 0.1) is 0 Å². The van der Waals surface area contributed by atoms with E-state index in [4.69, 9.17) is 5.73 Å². The second-order valence-corrected chi connectivity index (χ2v) is 3.33. The highest BCUT2D eigenvalue weighted by molar-refractivity contribution is 5.85. The topological polar surface area (TPSA) is 26.0 Å². The van der Waals surface area contributed by atoms with Gasteiger partial charge in [-0.3, -0.25) is 0 Å². The van der Waals surface area contributed by atoms with E-state index >= 15 is 0 Å². The quantitative estimate of drug-likeness (QED) is 0.766. The first kappa shape index (κ1) is 13.3. The van der Waals surface area contributed by atoms with Gasteiger partial charge < -0.3 is 5.73 Å². The van der Waals surface area contributed by atoms with E-state index in [2.05, 4.69) is 26.8 Å². The maximum absolute atomic E-state index is 5.93. The smallest absolute Gasteiger partial charge is 0.0349 e. The predicted molar refractivity (Wildman–Crippen MR) is 66.2 cm³/mol. The van der Waals surface area contributed by atoms with E-state index in [9.17, 15) is 0 Å². The molecule has 0 atom stereocenters. The molecule has 80 valence electrons. The maximum Gasteiger partial charge on any atom is 0.0349 e. The molecule has 1 aromatic carbocycles. The second kappa shape index (κ2) is 5.92. The molecule has 0 saturated carbocycles. The molecule has 0 saturated heterocycles. The molecule has 0 aromatic heterocycles. The van der Waals surface area contributed by atoms with E-state index in [1.807, 2.05) is 6.07 Å². The molecule has 1 aromatic rings. The standard InChI is InChI=1S/C12H19N.ClH/c1-4-9-7-8-12(13)11(6-3)10(9)5-2;/h7-8H,4-6,13H2,1-3H3;1H. The van der Waals surface area contributed by atoms with Crippen LogP contribution in [0.25, 0.3) is 0 Å². The minimum Gasteiger partial charge on any atom is -0.398 e. The summed E-state index contributed by atoms with van der Waals surface area (Å²) in [5, 5.41) is 0. The highest BCUT2D eigenvalue weighted by atomic mass is 35.5. The van der Waals surface area contributed by atoms with Gasteiger partial charge in [-0.1, -0.05) is 26.8 Å². The van der Waals surface area contributed by atoms with E-state index < -0.39 is 0 Å². The van der Waals surface area contributed by atoms with Gasteiger partial charge in [0.15, 0.2) is 0 Å². The first-order valence-electron chi connectivity index (χ1n) is 5.13. The van der Waals surface area contributed by atoms with Gasteiger partial charge in [-0.25, -0.2) is 0 Å². The molecule has 0 fully saturated rings. The third kappa shape index (κ3) is 2.42. The number of rotatable bonds is 3. The summed E-state index contributed by atoms with van der Waals surface area (Å²) < 4.78 is 0. The number of nitrogen functional groups attached to an aromatic ring is 1. The molecular formula is C12H20ClN. The average Bonchev–Trinajstić information content (AvgIpc) is 2.17. The van der Waals surface area contributed by atoms with Crippen LogP contribution < -0.4 is 5.73 Å². The molecule has 2 N–H and O–H groups in total. The summed E-state index contributed by atoms with van der Waals surface area (Å²) in [4.78, 5) is 0. The van der Waals surface area contributed by atoms with E-state index in [1.165, 1.54) is 16.7 Å². The molecule has 1 rings (SSSR count). The molecule has 0 radical (unpaired) electrons. The van der Waals surface area contributed by atoms with Crippen molar-refractivity contribution in [2.75, 3.05) is 5.73 Å². The molecule has 0 aliphatic heterocycles. The Morgan fingerprint density at radius 2 is 1.50 bits per heavy atom. The second-order valence-electron chi connectivity index (χ2n) is 3.33. The number of halogens is 1. The van der Waals surface area contributed by atoms with Gasteiger partial charge in [0, 0.05) is 5.69 Å². The maximum atomic E-state index is 5.93. The first-order chi connectivity index (χ1) is 6.24. The zero-order chi connectivity index (χ0) is 9.84. The van der Waals surface area contributed by atoms with Crippen LogP contribution >= 0.6 is 12.4 Å². The lowest BCUT2D eigenvalue weighted by Crippen LogP contribution is -2.02. The SMILES string of the molecule is CCc1ccc(N)c(CC)c1CC.Cl. The van der Waals surface area contributed by atoms with Crippen LogP contribution in [-0.4, -0.2) is 0 Å². The molecule has 1 nitrogen and oxygen atoms in total. The number of nitrogens with two attached hydrogens (primary N) is 1. The fraction of sp³-hybridized carbons (Fsp3) is 0.500. The van der Waals surface area contributed by atoms with Crippen molar-refractivity contribution < 1.29 is 0 Å². The minimum absolute atomic E-state index is 0. The Morgan fingerprint density at radius 1 is 0.929 bits per heavy atom.